The highest BCUT2D eigenvalue weighted by molar-refractivity contribution is 6.27. The van der Waals surface area contributed by atoms with Gasteiger partial charge >= 0.3 is 6.21 Å². The lowest BCUT2D eigenvalue weighted by Crippen LogP contribution is -2.41. The molecule has 1 fully saturated rings. The van der Waals surface area contributed by atoms with E-state index in [1.54, 1.807) is 0 Å². The summed E-state index contributed by atoms with van der Waals surface area (Å²) < 4.78 is 0. The van der Waals surface area contributed by atoms with Gasteiger partial charge in [0.2, 0.25) is 0 Å². The topological polar surface area (TPSA) is 65.5 Å². The van der Waals surface area contributed by atoms with Gasteiger partial charge in [-0.05, 0) is 19.4 Å². The first-order valence-corrected chi connectivity index (χ1v) is 3.79. The lowest BCUT2D eigenvalue weighted by Gasteiger charge is -2.18. The van der Waals surface area contributed by atoms with Gasteiger partial charge in [0.25, 0.3) is 5.78 Å². The van der Waals surface area contributed by atoms with Crippen LogP contribution in [0.4, 0.5) is 0 Å². The largest absolute Gasteiger partial charge is 0.361 e. The summed E-state index contributed by atoms with van der Waals surface area (Å²) in [5, 5.41) is 3.05. The predicted octanol–water partition coefficient (Wildman–Crippen LogP) is -0.00180. The van der Waals surface area contributed by atoms with Gasteiger partial charge in [-0.2, -0.15) is 4.79 Å². The molecule has 1 rings (SSSR count). The number of ketones is 1. The van der Waals surface area contributed by atoms with Crippen molar-refractivity contribution < 1.29 is 9.58 Å². The van der Waals surface area contributed by atoms with Gasteiger partial charge in [-0.1, -0.05) is 6.42 Å². The van der Waals surface area contributed by atoms with Crippen LogP contribution in [-0.4, -0.2) is 29.4 Å². The van der Waals surface area contributed by atoms with Crippen molar-refractivity contribution in [1.29, 1.82) is 0 Å². The molecule has 1 N–H and O–H groups in total. The molecule has 0 bridgehead atoms. The van der Waals surface area contributed by atoms with Gasteiger partial charge in [0.05, 0.1) is 6.04 Å². The lowest BCUT2D eigenvalue weighted by atomic mass is 10.0. The summed E-state index contributed by atoms with van der Waals surface area (Å²) in [5.41, 5.74) is 8.09. The van der Waals surface area contributed by atoms with Crippen LogP contribution < -0.4 is 5.32 Å². The Labute approximate surface area is 65.2 Å². The maximum absolute atomic E-state index is 11.0. The van der Waals surface area contributed by atoms with Crippen molar-refractivity contribution >= 4 is 12.0 Å². The first-order chi connectivity index (χ1) is 5.34. The molecule has 1 unspecified atom stereocenters. The van der Waals surface area contributed by atoms with Gasteiger partial charge in [0.1, 0.15) is 0 Å². The fourth-order valence-corrected chi connectivity index (χ4v) is 1.24. The summed E-state index contributed by atoms with van der Waals surface area (Å²) >= 11 is 0. The molecule has 1 aliphatic heterocycles. The minimum Gasteiger partial charge on any atom is -0.361 e. The van der Waals surface area contributed by atoms with E-state index < -0.39 is 0 Å². The molecule has 1 aliphatic rings. The van der Waals surface area contributed by atoms with Crippen LogP contribution >= 0.6 is 0 Å². The number of nitrogens with zero attached hydrogens (tertiary/aromatic N) is 2. The molecular formula is C7H11N3O. The number of hydrogen-bond acceptors (Lipinski definition) is 2. The zero-order valence-corrected chi connectivity index (χ0v) is 6.29. The minimum atomic E-state index is -0.132. The Bertz CT molecular complexity index is 190. The average molecular weight is 153 g/mol. The van der Waals surface area contributed by atoms with Crippen molar-refractivity contribution in [3.63, 3.8) is 0 Å². The van der Waals surface area contributed by atoms with Gasteiger partial charge < -0.3 is 10.8 Å². The van der Waals surface area contributed by atoms with Crippen LogP contribution in [-0.2, 0) is 4.79 Å². The number of nitrogens with one attached hydrogen (secondary N) is 1. The Morgan fingerprint density at radius 1 is 1.64 bits per heavy atom. The molecule has 60 valence electrons. The van der Waals surface area contributed by atoms with Crippen molar-refractivity contribution in [3.05, 3.63) is 5.53 Å². The van der Waals surface area contributed by atoms with Crippen LogP contribution in [0.1, 0.15) is 19.3 Å². The fourth-order valence-electron chi connectivity index (χ4n) is 1.24. The monoisotopic (exact) mass is 153 g/mol. The molecule has 0 spiro atoms. The van der Waals surface area contributed by atoms with Gasteiger partial charge in [0.15, 0.2) is 0 Å². The molecule has 4 nitrogen and oxygen atoms in total. The normalized spacial score (nSPS) is 23.8. The smallest absolute Gasteiger partial charge is 0.324 e. The van der Waals surface area contributed by atoms with E-state index in [0.717, 1.165) is 32.0 Å². The number of carbonyl (C=O) groups is 1. The standard InChI is InChI=1S/C7H11N3O/c8-10-5-7(11)6-3-1-2-4-9-6/h5-6,9H,1-4H2. The van der Waals surface area contributed by atoms with E-state index in [9.17, 15) is 4.79 Å². The van der Waals surface area contributed by atoms with Crippen LogP contribution in [0.2, 0.25) is 0 Å². The summed E-state index contributed by atoms with van der Waals surface area (Å²) in [4.78, 5) is 13.7. The highest BCUT2D eigenvalue weighted by atomic mass is 16.1. The molecule has 0 aromatic carbocycles. The van der Waals surface area contributed by atoms with Crippen LogP contribution in [0.15, 0.2) is 0 Å². The number of Topliss-reactive ketones (excluding diaryl/α,β-unsaturated/α-hetero) is 1. The second-order valence-corrected chi connectivity index (χ2v) is 2.65. The van der Waals surface area contributed by atoms with Crippen molar-refractivity contribution in [2.45, 2.75) is 25.3 Å². The zero-order valence-electron chi connectivity index (χ0n) is 6.29. The van der Waals surface area contributed by atoms with Gasteiger partial charge in [-0.3, -0.25) is 4.79 Å². The lowest BCUT2D eigenvalue weighted by molar-refractivity contribution is -0.118. The molecular weight excluding hydrogens is 142 g/mol. The number of piperidine rings is 1. The third-order valence-corrected chi connectivity index (χ3v) is 1.84. The molecule has 0 aliphatic carbocycles. The summed E-state index contributed by atoms with van der Waals surface area (Å²) in [6, 6.07) is -0.125. The first kappa shape index (κ1) is 8.11. The van der Waals surface area contributed by atoms with E-state index in [-0.39, 0.29) is 11.8 Å². The molecule has 0 aromatic rings. The Kier molecular flexibility index (Phi) is 2.95. The highest BCUT2D eigenvalue weighted by Crippen LogP contribution is 2.06. The Hall–Kier alpha value is -0.990. The molecule has 1 atom stereocenters. The first-order valence-electron chi connectivity index (χ1n) is 3.79. The third kappa shape index (κ3) is 2.26. The SMILES string of the molecule is [N-]=[N+]=CC(=O)C1CCCCN1. The van der Waals surface area contributed by atoms with Crippen LogP contribution in [0.25, 0.3) is 5.53 Å². The zero-order chi connectivity index (χ0) is 8.10. The van der Waals surface area contributed by atoms with Crippen LogP contribution in [0.5, 0.6) is 0 Å². The van der Waals surface area contributed by atoms with Crippen LogP contribution in [0.3, 0.4) is 0 Å². The Balaban J connectivity index is 2.44. The maximum atomic E-state index is 11.0. The Morgan fingerprint density at radius 3 is 3.00 bits per heavy atom. The molecule has 0 amide bonds. The van der Waals surface area contributed by atoms with E-state index >= 15 is 0 Å². The maximum Gasteiger partial charge on any atom is 0.324 e. The number of rotatable bonds is 2. The third-order valence-electron chi connectivity index (χ3n) is 1.84. The quantitative estimate of drug-likeness (QED) is 0.344. The van der Waals surface area contributed by atoms with E-state index in [2.05, 4.69) is 10.1 Å². The molecule has 1 heterocycles. The van der Waals surface area contributed by atoms with E-state index in [1.165, 1.54) is 0 Å². The second kappa shape index (κ2) is 4.01. The molecule has 0 saturated carbocycles. The summed E-state index contributed by atoms with van der Waals surface area (Å²) in [6.07, 6.45) is 4.01. The fraction of sp³-hybridized carbons (Fsp3) is 0.714. The van der Waals surface area contributed by atoms with Crippen molar-refractivity contribution in [2.24, 2.45) is 0 Å². The molecule has 1 saturated heterocycles. The van der Waals surface area contributed by atoms with Gasteiger partial charge in [0, 0.05) is 0 Å². The van der Waals surface area contributed by atoms with Crippen LogP contribution in [0, 0.1) is 0 Å². The molecule has 11 heavy (non-hydrogen) atoms. The number of carbonyl (C=O) groups excluding carboxylic acids is 1. The van der Waals surface area contributed by atoms with Crippen molar-refractivity contribution in [1.82, 2.24) is 5.32 Å². The van der Waals surface area contributed by atoms with Gasteiger partial charge in [-0.25, -0.2) is 0 Å². The molecule has 4 heteroatoms. The van der Waals surface area contributed by atoms with E-state index in [0.29, 0.717) is 0 Å². The summed E-state index contributed by atoms with van der Waals surface area (Å²) in [7, 11) is 0. The molecule has 0 aromatic heterocycles. The summed E-state index contributed by atoms with van der Waals surface area (Å²) in [5.74, 6) is -0.132. The Morgan fingerprint density at radius 2 is 2.45 bits per heavy atom. The average Bonchev–Trinajstić information content (AvgIpc) is 2.07. The van der Waals surface area contributed by atoms with E-state index in [1.807, 2.05) is 0 Å². The van der Waals surface area contributed by atoms with Gasteiger partial charge in [-0.15, -0.1) is 0 Å². The predicted molar refractivity (Wildman–Crippen MR) is 40.3 cm³/mol. The van der Waals surface area contributed by atoms with Crippen molar-refractivity contribution in [3.8, 4) is 0 Å². The number of hydrogen-bond donors (Lipinski definition) is 1. The molecule has 0 radical (unpaired) electrons. The second-order valence-electron chi connectivity index (χ2n) is 2.65. The summed E-state index contributed by atoms with van der Waals surface area (Å²) in [6.45, 7) is 0.885. The minimum absolute atomic E-state index is 0.125. The van der Waals surface area contributed by atoms with E-state index in [4.69, 9.17) is 5.53 Å². The highest BCUT2D eigenvalue weighted by Gasteiger charge is 2.20. The van der Waals surface area contributed by atoms with Crippen molar-refractivity contribution in [2.75, 3.05) is 6.54 Å².